The summed E-state index contributed by atoms with van der Waals surface area (Å²) in [5.41, 5.74) is 0.509. The molecule has 3 N–H and O–H groups in total. The van der Waals surface area contributed by atoms with Crippen LogP contribution in [0.4, 0.5) is 20.2 Å². The van der Waals surface area contributed by atoms with Crippen LogP contribution in [0, 0.1) is 11.6 Å². The number of rotatable bonds is 7. The molecule has 1 saturated heterocycles. The molecule has 0 unspecified atom stereocenters. The van der Waals surface area contributed by atoms with Gasteiger partial charge < -0.3 is 15.1 Å². The molecule has 0 atom stereocenters. The molecule has 1 aliphatic rings. The number of nitrogens with one attached hydrogen (secondary N) is 1. The zero-order valence-electron chi connectivity index (χ0n) is 18.0. The molecule has 4 rings (SSSR count). The van der Waals surface area contributed by atoms with Gasteiger partial charge in [0.05, 0.1) is 27.8 Å². The van der Waals surface area contributed by atoms with Gasteiger partial charge in [-0.1, -0.05) is 30.8 Å². The topological polar surface area (TPSA) is 93.1 Å². The molecule has 0 amide bonds. The number of hydrogen-bond donors (Lipinski definition) is 3. The first kappa shape index (κ1) is 24.1. The van der Waals surface area contributed by atoms with E-state index in [0.717, 1.165) is 17.8 Å². The Labute approximate surface area is 200 Å². The Kier molecular flexibility index (Phi) is 6.87. The number of hydrogen-bond acceptors (Lipinski definition) is 6. The van der Waals surface area contributed by atoms with Gasteiger partial charge in [-0.3, -0.25) is 4.72 Å². The average Bonchev–Trinajstić information content (AvgIpc) is 2.80. The lowest BCUT2D eigenvalue weighted by atomic mass is 10.1. The molecule has 3 aromatic rings. The Balaban J connectivity index is 1.56. The van der Waals surface area contributed by atoms with Crippen LogP contribution in [-0.4, -0.2) is 54.9 Å². The second kappa shape index (κ2) is 9.69. The Morgan fingerprint density at radius 1 is 1.06 bits per heavy atom. The number of phenolic OH excluding ortho intramolecular Hbond substituents is 1. The van der Waals surface area contributed by atoms with E-state index < -0.39 is 21.8 Å². The highest BCUT2D eigenvalue weighted by Gasteiger charge is 2.29. The molecule has 0 aliphatic carbocycles. The van der Waals surface area contributed by atoms with Gasteiger partial charge >= 0.3 is 10.2 Å². The molecule has 7 nitrogen and oxygen atoms in total. The Bertz CT molecular complexity index is 1340. The Morgan fingerprint density at radius 3 is 2.38 bits per heavy atom. The Hall–Kier alpha value is -3.02. The van der Waals surface area contributed by atoms with E-state index in [2.05, 4.69) is 11.3 Å². The minimum absolute atomic E-state index is 0.0141. The summed E-state index contributed by atoms with van der Waals surface area (Å²) < 4.78 is 57.5. The summed E-state index contributed by atoms with van der Waals surface area (Å²) in [5, 5.41) is 21.0. The number of aliphatic hydroxyl groups is 1. The summed E-state index contributed by atoms with van der Waals surface area (Å²) in [6, 6.07) is 11.7. The molecular weight excluding hydrogens is 484 g/mol. The largest absolute Gasteiger partial charge is 0.512 e. The highest BCUT2D eigenvalue weighted by atomic mass is 32.2. The maximum atomic E-state index is 14.1. The van der Waals surface area contributed by atoms with Gasteiger partial charge in [-0.05, 0) is 18.2 Å². The standard InChI is InChI=1S/C23H23F2N3O4S2/c1-15(29)14-33-22-13-20(17-4-2-3-5-18(17)23(22)30)26-34(31,32)28-10-8-27(9-11-28)21-7-6-16(24)12-19(21)25/h2-7,12-13,26,29-30H,1,8-11,14H2. The van der Waals surface area contributed by atoms with Crippen LogP contribution >= 0.6 is 11.8 Å². The number of fused-ring (bicyclic) bond motifs is 1. The number of benzene rings is 3. The molecule has 180 valence electrons. The number of piperazine rings is 1. The van der Waals surface area contributed by atoms with Crippen LogP contribution < -0.4 is 9.62 Å². The number of phenols is 1. The number of aliphatic hydroxyl groups excluding tert-OH is 1. The van der Waals surface area contributed by atoms with Crippen LogP contribution in [-0.2, 0) is 10.2 Å². The number of halogens is 2. The molecule has 1 aliphatic heterocycles. The number of nitrogens with zero attached hydrogens (tertiary/aromatic N) is 2. The van der Waals surface area contributed by atoms with Crippen LogP contribution in [0.3, 0.4) is 0 Å². The second-order valence-corrected chi connectivity index (χ2v) is 10.4. The summed E-state index contributed by atoms with van der Waals surface area (Å²) in [7, 11) is -3.97. The quantitative estimate of drug-likeness (QED) is 0.248. The van der Waals surface area contributed by atoms with Crippen molar-refractivity contribution < 1.29 is 27.4 Å². The van der Waals surface area contributed by atoms with Gasteiger partial charge in [-0.25, -0.2) is 8.78 Å². The van der Waals surface area contributed by atoms with E-state index in [1.807, 2.05) is 0 Å². The highest BCUT2D eigenvalue weighted by molar-refractivity contribution is 7.99. The van der Waals surface area contributed by atoms with E-state index in [4.69, 9.17) is 0 Å². The summed E-state index contributed by atoms with van der Waals surface area (Å²) >= 11 is 1.13. The molecule has 0 radical (unpaired) electrons. The fourth-order valence-electron chi connectivity index (χ4n) is 3.80. The second-order valence-electron chi connectivity index (χ2n) is 7.76. The lowest BCUT2D eigenvalue weighted by molar-refractivity contribution is 0.386. The van der Waals surface area contributed by atoms with E-state index in [-0.39, 0.29) is 54.8 Å². The monoisotopic (exact) mass is 507 g/mol. The predicted octanol–water partition coefficient (Wildman–Crippen LogP) is 4.47. The van der Waals surface area contributed by atoms with E-state index in [9.17, 15) is 27.4 Å². The van der Waals surface area contributed by atoms with Crippen LogP contribution in [0.5, 0.6) is 5.75 Å². The van der Waals surface area contributed by atoms with E-state index in [1.54, 1.807) is 29.2 Å². The van der Waals surface area contributed by atoms with Crippen molar-refractivity contribution in [2.45, 2.75) is 4.90 Å². The van der Waals surface area contributed by atoms with Gasteiger partial charge in [-0.15, -0.1) is 11.8 Å². The summed E-state index contributed by atoms with van der Waals surface area (Å²) in [6.45, 7) is 4.11. The van der Waals surface area contributed by atoms with E-state index in [1.165, 1.54) is 22.5 Å². The number of aromatic hydroxyl groups is 1. The molecule has 0 spiro atoms. The van der Waals surface area contributed by atoms with Crippen molar-refractivity contribution >= 4 is 44.1 Å². The van der Waals surface area contributed by atoms with Crippen molar-refractivity contribution in [1.29, 1.82) is 0 Å². The van der Waals surface area contributed by atoms with Crippen molar-refractivity contribution in [3.8, 4) is 5.75 Å². The minimum Gasteiger partial charge on any atom is -0.512 e. The normalized spacial score (nSPS) is 14.9. The summed E-state index contributed by atoms with van der Waals surface area (Å²) in [6.07, 6.45) is 0. The lowest BCUT2D eigenvalue weighted by Crippen LogP contribution is -2.50. The smallest absolute Gasteiger partial charge is 0.301 e. The first-order chi connectivity index (χ1) is 16.2. The Morgan fingerprint density at radius 2 is 1.74 bits per heavy atom. The number of thioether (sulfide) groups is 1. The molecule has 34 heavy (non-hydrogen) atoms. The van der Waals surface area contributed by atoms with Gasteiger partial charge in [-0.2, -0.15) is 12.7 Å². The van der Waals surface area contributed by atoms with Gasteiger partial charge in [0.1, 0.15) is 17.4 Å². The highest BCUT2D eigenvalue weighted by Crippen LogP contribution is 2.40. The van der Waals surface area contributed by atoms with Gasteiger partial charge in [0.2, 0.25) is 0 Å². The fraction of sp³-hybridized carbons (Fsp3) is 0.217. The zero-order valence-corrected chi connectivity index (χ0v) is 19.7. The van der Waals surface area contributed by atoms with Crippen molar-refractivity contribution in [1.82, 2.24) is 4.31 Å². The molecule has 1 fully saturated rings. The predicted molar refractivity (Wildman–Crippen MR) is 131 cm³/mol. The average molecular weight is 508 g/mol. The third-order valence-corrected chi connectivity index (χ3v) is 8.07. The molecule has 0 saturated carbocycles. The van der Waals surface area contributed by atoms with E-state index >= 15 is 0 Å². The molecule has 0 bridgehead atoms. The fourth-order valence-corrected chi connectivity index (χ4v) is 5.79. The van der Waals surface area contributed by atoms with Crippen LogP contribution in [0.2, 0.25) is 0 Å². The third kappa shape index (κ3) is 5.06. The van der Waals surface area contributed by atoms with Gasteiger partial charge in [0.25, 0.3) is 0 Å². The van der Waals surface area contributed by atoms with Crippen LogP contribution in [0.25, 0.3) is 10.8 Å². The molecular formula is C23H23F2N3O4S2. The number of anilines is 2. The third-order valence-electron chi connectivity index (χ3n) is 5.44. The van der Waals surface area contributed by atoms with Crippen molar-refractivity contribution in [2.24, 2.45) is 0 Å². The van der Waals surface area contributed by atoms with Crippen molar-refractivity contribution in [3.63, 3.8) is 0 Å². The molecule has 0 aromatic heterocycles. The SMILES string of the molecule is C=C(O)CSc1cc(NS(=O)(=O)N2CCN(c3ccc(F)cc3F)CC2)c2ccccc2c1O. The van der Waals surface area contributed by atoms with Gasteiger partial charge in [0, 0.05) is 43.0 Å². The zero-order chi connectivity index (χ0) is 24.5. The maximum absolute atomic E-state index is 14.1. The van der Waals surface area contributed by atoms with Crippen LogP contribution in [0.1, 0.15) is 0 Å². The molecule has 3 aromatic carbocycles. The molecule has 11 heteroatoms. The maximum Gasteiger partial charge on any atom is 0.301 e. The molecule has 1 heterocycles. The lowest BCUT2D eigenvalue weighted by Gasteiger charge is -2.35. The van der Waals surface area contributed by atoms with Gasteiger partial charge in [0.15, 0.2) is 0 Å². The van der Waals surface area contributed by atoms with Crippen LogP contribution in [0.15, 0.2) is 65.8 Å². The first-order valence-electron chi connectivity index (χ1n) is 10.4. The van der Waals surface area contributed by atoms with Crippen molar-refractivity contribution in [3.05, 3.63) is 72.5 Å². The minimum atomic E-state index is -3.97. The summed E-state index contributed by atoms with van der Waals surface area (Å²) in [5.74, 6) is -1.32. The first-order valence-corrected chi connectivity index (χ1v) is 12.8. The summed E-state index contributed by atoms with van der Waals surface area (Å²) in [4.78, 5) is 2.07. The van der Waals surface area contributed by atoms with E-state index in [0.29, 0.717) is 15.7 Å². The van der Waals surface area contributed by atoms with Crippen molar-refractivity contribution in [2.75, 3.05) is 41.6 Å².